The zero-order valence-electron chi connectivity index (χ0n) is 14.2. The normalized spacial score (nSPS) is 14.5. The highest BCUT2D eigenvalue weighted by atomic mass is 79.9. The van der Waals surface area contributed by atoms with Crippen molar-refractivity contribution in [3.05, 3.63) is 69.7 Å². The number of carbonyl (C=O) groups excluding carboxylic acids is 2. The molecule has 5 heteroatoms. The number of hydrogen-bond donors (Lipinski definition) is 0. The third-order valence-electron chi connectivity index (χ3n) is 4.46. The molecule has 1 fully saturated rings. The van der Waals surface area contributed by atoms with Crippen LogP contribution >= 0.6 is 15.9 Å². The number of piperazine rings is 1. The second-order valence-corrected chi connectivity index (χ2v) is 7.26. The SMILES string of the molecule is Cc1ccc(C(=O)N2CCN(C(=O)Cc3cccc(Br)c3)CC2)cc1. The first-order chi connectivity index (χ1) is 12.0. The van der Waals surface area contributed by atoms with Gasteiger partial charge in [0.05, 0.1) is 6.42 Å². The van der Waals surface area contributed by atoms with Gasteiger partial charge < -0.3 is 9.80 Å². The van der Waals surface area contributed by atoms with E-state index in [1.165, 1.54) is 0 Å². The minimum Gasteiger partial charge on any atom is -0.339 e. The molecule has 1 aliphatic heterocycles. The van der Waals surface area contributed by atoms with Crippen LogP contribution in [0.1, 0.15) is 21.5 Å². The standard InChI is InChI=1S/C20H21BrN2O2/c1-15-5-7-17(8-6-15)20(25)23-11-9-22(10-12-23)19(24)14-16-3-2-4-18(21)13-16/h2-8,13H,9-12,14H2,1H3. The quantitative estimate of drug-likeness (QED) is 0.792. The molecule has 0 aromatic heterocycles. The summed E-state index contributed by atoms with van der Waals surface area (Å²) in [5.41, 5.74) is 2.84. The molecule has 130 valence electrons. The Balaban J connectivity index is 1.55. The molecular formula is C20H21BrN2O2. The minimum atomic E-state index is 0.0408. The molecule has 0 bridgehead atoms. The molecule has 2 aromatic carbocycles. The first kappa shape index (κ1) is 17.7. The lowest BCUT2D eigenvalue weighted by atomic mass is 10.1. The van der Waals surface area contributed by atoms with E-state index in [9.17, 15) is 9.59 Å². The van der Waals surface area contributed by atoms with Crippen LogP contribution in [0.5, 0.6) is 0 Å². The third kappa shape index (κ3) is 4.48. The molecule has 0 spiro atoms. The number of benzene rings is 2. The van der Waals surface area contributed by atoms with Crippen LogP contribution in [-0.2, 0) is 11.2 Å². The second-order valence-electron chi connectivity index (χ2n) is 6.35. The zero-order chi connectivity index (χ0) is 17.8. The van der Waals surface area contributed by atoms with Gasteiger partial charge in [-0.1, -0.05) is 45.8 Å². The van der Waals surface area contributed by atoms with E-state index in [0.717, 1.165) is 15.6 Å². The number of rotatable bonds is 3. The van der Waals surface area contributed by atoms with Gasteiger partial charge in [0.25, 0.3) is 5.91 Å². The maximum Gasteiger partial charge on any atom is 0.253 e. The highest BCUT2D eigenvalue weighted by Crippen LogP contribution is 2.14. The fraction of sp³-hybridized carbons (Fsp3) is 0.300. The smallest absolute Gasteiger partial charge is 0.253 e. The lowest BCUT2D eigenvalue weighted by Crippen LogP contribution is -2.51. The monoisotopic (exact) mass is 400 g/mol. The molecule has 0 unspecified atom stereocenters. The average molecular weight is 401 g/mol. The number of nitrogens with zero attached hydrogens (tertiary/aromatic N) is 2. The van der Waals surface area contributed by atoms with Crippen LogP contribution in [0.4, 0.5) is 0 Å². The van der Waals surface area contributed by atoms with E-state index < -0.39 is 0 Å². The zero-order valence-corrected chi connectivity index (χ0v) is 15.8. The summed E-state index contributed by atoms with van der Waals surface area (Å²) in [7, 11) is 0. The van der Waals surface area contributed by atoms with E-state index in [1.807, 2.05) is 65.3 Å². The van der Waals surface area contributed by atoms with Crippen molar-refractivity contribution in [3.63, 3.8) is 0 Å². The highest BCUT2D eigenvalue weighted by molar-refractivity contribution is 9.10. The average Bonchev–Trinajstić information content (AvgIpc) is 2.62. The van der Waals surface area contributed by atoms with Crippen LogP contribution in [0.3, 0.4) is 0 Å². The van der Waals surface area contributed by atoms with Gasteiger partial charge in [-0.05, 0) is 36.8 Å². The van der Waals surface area contributed by atoms with Gasteiger partial charge >= 0.3 is 0 Å². The molecule has 0 saturated carbocycles. The summed E-state index contributed by atoms with van der Waals surface area (Å²) in [4.78, 5) is 28.7. The molecular weight excluding hydrogens is 380 g/mol. The highest BCUT2D eigenvalue weighted by Gasteiger charge is 2.24. The summed E-state index contributed by atoms with van der Waals surface area (Å²) in [5.74, 6) is 0.152. The van der Waals surface area contributed by atoms with Crippen molar-refractivity contribution in [2.75, 3.05) is 26.2 Å². The predicted octanol–water partition coefficient (Wildman–Crippen LogP) is 3.28. The van der Waals surface area contributed by atoms with Crippen LogP contribution < -0.4 is 0 Å². The van der Waals surface area contributed by atoms with Crippen LogP contribution in [0.15, 0.2) is 53.0 Å². The van der Waals surface area contributed by atoms with Crippen LogP contribution in [0, 0.1) is 6.92 Å². The van der Waals surface area contributed by atoms with Crippen molar-refractivity contribution in [2.24, 2.45) is 0 Å². The Morgan fingerprint density at radius 1 is 0.960 bits per heavy atom. The van der Waals surface area contributed by atoms with Gasteiger partial charge in [0.1, 0.15) is 0 Å². The fourth-order valence-corrected chi connectivity index (χ4v) is 3.42. The summed E-state index contributed by atoms with van der Waals surface area (Å²) in [6.45, 7) is 4.34. The van der Waals surface area contributed by atoms with Gasteiger partial charge in [0, 0.05) is 36.2 Å². The lowest BCUT2D eigenvalue weighted by molar-refractivity contribution is -0.131. The van der Waals surface area contributed by atoms with E-state index in [2.05, 4.69) is 15.9 Å². The van der Waals surface area contributed by atoms with E-state index in [1.54, 1.807) is 0 Å². The molecule has 25 heavy (non-hydrogen) atoms. The molecule has 0 radical (unpaired) electrons. The molecule has 0 N–H and O–H groups in total. The number of amides is 2. The summed E-state index contributed by atoms with van der Waals surface area (Å²) in [6.07, 6.45) is 0.394. The summed E-state index contributed by atoms with van der Waals surface area (Å²) >= 11 is 3.43. The van der Waals surface area contributed by atoms with Crippen molar-refractivity contribution in [1.82, 2.24) is 9.80 Å². The molecule has 4 nitrogen and oxygen atoms in total. The number of carbonyl (C=O) groups is 2. The molecule has 1 heterocycles. The Morgan fingerprint density at radius 2 is 1.60 bits per heavy atom. The summed E-state index contributed by atoms with van der Waals surface area (Å²) in [5, 5.41) is 0. The molecule has 0 aliphatic carbocycles. The second kappa shape index (κ2) is 7.83. The maximum absolute atomic E-state index is 12.5. The van der Waals surface area contributed by atoms with Gasteiger partial charge in [0.15, 0.2) is 0 Å². The first-order valence-electron chi connectivity index (χ1n) is 8.41. The van der Waals surface area contributed by atoms with Crippen LogP contribution in [-0.4, -0.2) is 47.8 Å². The summed E-state index contributed by atoms with van der Waals surface area (Å²) in [6, 6.07) is 15.4. The fourth-order valence-electron chi connectivity index (χ4n) is 2.97. The van der Waals surface area contributed by atoms with Gasteiger partial charge in [-0.25, -0.2) is 0 Å². The lowest BCUT2D eigenvalue weighted by Gasteiger charge is -2.35. The molecule has 0 atom stereocenters. The Bertz CT molecular complexity index is 766. The van der Waals surface area contributed by atoms with Crippen molar-refractivity contribution in [3.8, 4) is 0 Å². The molecule has 2 aromatic rings. The van der Waals surface area contributed by atoms with Crippen LogP contribution in [0.2, 0.25) is 0 Å². The Labute approximate surface area is 156 Å². The number of hydrogen-bond acceptors (Lipinski definition) is 2. The Hall–Kier alpha value is -2.14. The van der Waals surface area contributed by atoms with E-state index >= 15 is 0 Å². The van der Waals surface area contributed by atoms with Crippen LogP contribution in [0.25, 0.3) is 0 Å². The van der Waals surface area contributed by atoms with Gasteiger partial charge in [-0.3, -0.25) is 9.59 Å². The van der Waals surface area contributed by atoms with Gasteiger partial charge in [-0.15, -0.1) is 0 Å². The van der Waals surface area contributed by atoms with Crippen molar-refractivity contribution >= 4 is 27.7 Å². The van der Waals surface area contributed by atoms with Crippen molar-refractivity contribution in [1.29, 1.82) is 0 Å². The Morgan fingerprint density at radius 3 is 2.24 bits per heavy atom. The van der Waals surface area contributed by atoms with E-state index in [0.29, 0.717) is 38.2 Å². The first-order valence-corrected chi connectivity index (χ1v) is 9.20. The number of aryl methyl sites for hydroxylation is 1. The van der Waals surface area contributed by atoms with E-state index in [4.69, 9.17) is 0 Å². The maximum atomic E-state index is 12.5. The molecule has 1 saturated heterocycles. The topological polar surface area (TPSA) is 40.6 Å². The summed E-state index contributed by atoms with van der Waals surface area (Å²) < 4.78 is 0.978. The minimum absolute atomic E-state index is 0.0408. The third-order valence-corrected chi connectivity index (χ3v) is 4.96. The van der Waals surface area contributed by atoms with Gasteiger partial charge in [0.2, 0.25) is 5.91 Å². The molecule has 2 amide bonds. The largest absolute Gasteiger partial charge is 0.339 e. The predicted molar refractivity (Wildman–Crippen MR) is 102 cm³/mol. The van der Waals surface area contributed by atoms with E-state index in [-0.39, 0.29) is 11.8 Å². The molecule has 1 aliphatic rings. The van der Waals surface area contributed by atoms with Crippen molar-refractivity contribution in [2.45, 2.75) is 13.3 Å². The Kier molecular flexibility index (Phi) is 5.53. The number of halogens is 1. The molecule has 3 rings (SSSR count). The van der Waals surface area contributed by atoms with Gasteiger partial charge in [-0.2, -0.15) is 0 Å². The van der Waals surface area contributed by atoms with Crippen molar-refractivity contribution < 1.29 is 9.59 Å².